The van der Waals surface area contributed by atoms with Crippen molar-refractivity contribution in [2.45, 2.75) is 4.90 Å². The van der Waals surface area contributed by atoms with Crippen molar-refractivity contribution in [3.05, 3.63) is 36.0 Å². The maximum absolute atomic E-state index is 9.04. The van der Waals surface area contributed by atoms with Crippen LogP contribution in [0.15, 0.2) is 35.4 Å². The molecule has 1 aromatic carbocycles. The summed E-state index contributed by atoms with van der Waals surface area (Å²) < 4.78 is 0. The van der Waals surface area contributed by atoms with Crippen molar-refractivity contribution in [2.75, 3.05) is 11.6 Å². The minimum atomic E-state index is 0.576. The van der Waals surface area contributed by atoms with Gasteiger partial charge in [0.25, 0.3) is 0 Å². The summed E-state index contributed by atoms with van der Waals surface area (Å²) in [7, 11) is 0. The van der Waals surface area contributed by atoms with Gasteiger partial charge in [0.2, 0.25) is 0 Å². The largest absolute Gasteiger partial charge is 0.255 e. The molecule has 2 nitrogen and oxygen atoms in total. The van der Waals surface area contributed by atoms with E-state index in [9.17, 15) is 0 Å². The van der Waals surface area contributed by atoms with Crippen LogP contribution in [0.2, 0.25) is 0 Å². The quantitative estimate of drug-likeness (QED) is 0.617. The van der Waals surface area contributed by atoms with E-state index in [2.05, 4.69) is 11.1 Å². The highest BCUT2D eigenvalue weighted by Crippen LogP contribution is 2.29. The second-order valence-corrected chi connectivity index (χ2v) is 4.65. The fourth-order valence-corrected chi connectivity index (χ4v) is 2.59. The van der Waals surface area contributed by atoms with E-state index in [1.54, 1.807) is 18.0 Å². The number of hydrogen-bond acceptors (Lipinski definition) is 3. The van der Waals surface area contributed by atoms with Gasteiger partial charge in [0, 0.05) is 28.1 Å². The molecule has 0 N–H and O–H groups in total. The van der Waals surface area contributed by atoms with Crippen molar-refractivity contribution in [2.24, 2.45) is 0 Å². The molecule has 0 spiro atoms. The van der Waals surface area contributed by atoms with Crippen LogP contribution in [0.4, 0.5) is 0 Å². The maximum atomic E-state index is 9.04. The van der Waals surface area contributed by atoms with Gasteiger partial charge in [-0.15, -0.1) is 23.4 Å². The summed E-state index contributed by atoms with van der Waals surface area (Å²) in [6, 6.07) is 10.00. The highest BCUT2D eigenvalue weighted by Gasteiger charge is 2.08. The standard InChI is InChI=1S/C12H9ClN2S/c13-5-6-16-12-9(7-14)8-15-11-4-2-1-3-10(11)12/h1-4,8H,5-6H2. The van der Waals surface area contributed by atoms with Crippen molar-refractivity contribution < 1.29 is 0 Å². The van der Waals surface area contributed by atoms with Crippen molar-refractivity contribution in [3.63, 3.8) is 0 Å². The van der Waals surface area contributed by atoms with Crippen LogP contribution in [-0.4, -0.2) is 16.6 Å². The first kappa shape index (κ1) is 11.3. The molecule has 80 valence electrons. The third-order valence-electron chi connectivity index (χ3n) is 2.17. The van der Waals surface area contributed by atoms with Crippen molar-refractivity contribution in [3.8, 4) is 6.07 Å². The van der Waals surface area contributed by atoms with Gasteiger partial charge in [-0.2, -0.15) is 5.26 Å². The predicted octanol–water partition coefficient (Wildman–Crippen LogP) is 3.44. The van der Waals surface area contributed by atoms with E-state index >= 15 is 0 Å². The molecule has 0 atom stereocenters. The molecule has 0 aliphatic heterocycles. The number of nitrogens with zero attached hydrogens (tertiary/aromatic N) is 2. The highest BCUT2D eigenvalue weighted by molar-refractivity contribution is 7.99. The van der Waals surface area contributed by atoms with E-state index in [4.69, 9.17) is 16.9 Å². The first-order valence-electron chi connectivity index (χ1n) is 4.83. The first-order chi connectivity index (χ1) is 7.86. The Balaban J connectivity index is 2.60. The Kier molecular flexibility index (Phi) is 3.66. The minimum Gasteiger partial charge on any atom is -0.255 e. The van der Waals surface area contributed by atoms with Gasteiger partial charge < -0.3 is 0 Å². The van der Waals surface area contributed by atoms with Crippen molar-refractivity contribution in [1.82, 2.24) is 4.98 Å². The number of para-hydroxylation sites is 1. The van der Waals surface area contributed by atoms with E-state index in [0.29, 0.717) is 11.4 Å². The number of nitriles is 1. The third-order valence-corrected chi connectivity index (χ3v) is 3.72. The Morgan fingerprint density at radius 1 is 1.38 bits per heavy atom. The number of rotatable bonds is 3. The second-order valence-electron chi connectivity index (χ2n) is 3.17. The zero-order valence-electron chi connectivity index (χ0n) is 8.48. The molecule has 0 radical (unpaired) electrons. The van der Waals surface area contributed by atoms with Gasteiger partial charge in [0.05, 0.1) is 11.1 Å². The van der Waals surface area contributed by atoms with E-state index < -0.39 is 0 Å². The number of benzene rings is 1. The Hall–Kier alpha value is -1.24. The van der Waals surface area contributed by atoms with Gasteiger partial charge in [0.15, 0.2) is 0 Å². The van der Waals surface area contributed by atoms with Crippen molar-refractivity contribution in [1.29, 1.82) is 5.26 Å². The Morgan fingerprint density at radius 3 is 2.94 bits per heavy atom. The van der Waals surface area contributed by atoms with E-state index in [0.717, 1.165) is 21.6 Å². The summed E-state index contributed by atoms with van der Waals surface area (Å²) in [4.78, 5) is 5.23. The normalized spacial score (nSPS) is 10.2. The second kappa shape index (κ2) is 5.20. The lowest BCUT2D eigenvalue weighted by Crippen LogP contribution is -1.89. The molecule has 16 heavy (non-hydrogen) atoms. The molecular formula is C12H9ClN2S. The zero-order chi connectivity index (χ0) is 11.4. The first-order valence-corrected chi connectivity index (χ1v) is 6.35. The average Bonchev–Trinajstić information content (AvgIpc) is 2.35. The van der Waals surface area contributed by atoms with E-state index in [-0.39, 0.29) is 0 Å². The van der Waals surface area contributed by atoms with Gasteiger partial charge >= 0.3 is 0 Å². The molecule has 0 unspecified atom stereocenters. The highest BCUT2D eigenvalue weighted by atomic mass is 35.5. The number of halogens is 1. The molecule has 0 saturated carbocycles. The average molecular weight is 249 g/mol. The summed E-state index contributed by atoms with van der Waals surface area (Å²) in [6.45, 7) is 0. The number of alkyl halides is 1. The molecule has 0 saturated heterocycles. The number of thioether (sulfide) groups is 1. The monoisotopic (exact) mass is 248 g/mol. The van der Waals surface area contributed by atoms with Gasteiger partial charge in [-0.1, -0.05) is 18.2 Å². The van der Waals surface area contributed by atoms with Crippen LogP contribution in [0.1, 0.15) is 5.56 Å². The van der Waals surface area contributed by atoms with Crippen molar-refractivity contribution >= 4 is 34.3 Å². The fraction of sp³-hybridized carbons (Fsp3) is 0.167. The Bertz CT molecular complexity index is 548. The summed E-state index contributed by atoms with van der Waals surface area (Å²) in [5.74, 6) is 1.37. The third kappa shape index (κ3) is 2.13. The molecule has 0 amide bonds. The fourth-order valence-electron chi connectivity index (χ4n) is 1.49. The maximum Gasteiger partial charge on any atom is 0.102 e. The van der Waals surface area contributed by atoms with Gasteiger partial charge in [-0.25, -0.2) is 0 Å². The lowest BCUT2D eigenvalue weighted by atomic mass is 10.2. The molecule has 4 heteroatoms. The summed E-state index contributed by atoms with van der Waals surface area (Å²) in [6.07, 6.45) is 1.62. The van der Waals surface area contributed by atoms with Crippen LogP contribution < -0.4 is 0 Å². The lowest BCUT2D eigenvalue weighted by Gasteiger charge is -2.06. The molecular weight excluding hydrogens is 240 g/mol. The number of pyridine rings is 1. The molecule has 0 bridgehead atoms. The van der Waals surface area contributed by atoms with Crippen LogP contribution in [0.25, 0.3) is 10.9 Å². The number of fused-ring (bicyclic) bond motifs is 1. The molecule has 2 rings (SSSR count). The van der Waals surface area contributed by atoms with Gasteiger partial charge in [-0.3, -0.25) is 4.98 Å². The molecule has 0 fully saturated rings. The smallest absolute Gasteiger partial charge is 0.102 e. The van der Waals surface area contributed by atoms with E-state index in [1.807, 2.05) is 24.3 Å². The van der Waals surface area contributed by atoms with Crippen LogP contribution in [0.3, 0.4) is 0 Å². The van der Waals surface area contributed by atoms with Crippen LogP contribution >= 0.6 is 23.4 Å². The van der Waals surface area contributed by atoms with Gasteiger partial charge in [-0.05, 0) is 6.07 Å². The molecule has 0 aliphatic carbocycles. The van der Waals surface area contributed by atoms with Crippen LogP contribution in [0, 0.1) is 11.3 Å². The topological polar surface area (TPSA) is 36.7 Å². The SMILES string of the molecule is N#Cc1cnc2ccccc2c1SCCCl. The summed E-state index contributed by atoms with van der Waals surface area (Å²) in [5.41, 5.74) is 1.53. The molecule has 2 aromatic rings. The van der Waals surface area contributed by atoms with Crippen LogP contribution in [0.5, 0.6) is 0 Å². The van der Waals surface area contributed by atoms with E-state index in [1.165, 1.54) is 0 Å². The Labute approximate surface area is 103 Å². The van der Waals surface area contributed by atoms with Gasteiger partial charge in [0.1, 0.15) is 6.07 Å². The number of hydrogen-bond donors (Lipinski definition) is 0. The number of aromatic nitrogens is 1. The predicted molar refractivity (Wildman–Crippen MR) is 67.9 cm³/mol. The minimum absolute atomic E-state index is 0.576. The Morgan fingerprint density at radius 2 is 2.19 bits per heavy atom. The molecule has 1 aromatic heterocycles. The lowest BCUT2D eigenvalue weighted by molar-refractivity contribution is 1.30. The summed E-state index contributed by atoms with van der Waals surface area (Å²) in [5, 5.41) is 10.1. The summed E-state index contributed by atoms with van der Waals surface area (Å²) >= 11 is 7.29. The van der Waals surface area contributed by atoms with Crippen LogP contribution in [-0.2, 0) is 0 Å². The zero-order valence-corrected chi connectivity index (χ0v) is 10.1. The molecule has 0 aliphatic rings. The molecule has 1 heterocycles.